The summed E-state index contributed by atoms with van der Waals surface area (Å²) in [5, 5.41) is 0. The van der Waals surface area contributed by atoms with Gasteiger partial charge in [0.05, 0.1) is 27.4 Å². The Morgan fingerprint density at radius 1 is 0.867 bits per heavy atom. The number of methoxy groups -OCH3 is 2. The van der Waals surface area contributed by atoms with Gasteiger partial charge in [-0.15, -0.1) is 0 Å². The number of aryl methyl sites for hydroxylation is 1. The largest absolute Gasteiger partial charge is 0.493 e. The first-order chi connectivity index (χ1) is 14.7. The van der Waals surface area contributed by atoms with Crippen LogP contribution in [0.15, 0.2) is 72.9 Å². The van der Waals surface area contributed by atoms with Crippen LogP contribution in [0.2, 0.25) is 0 Å². The predicted octanol–water partition coefficient (Wildman–Crippen LogP) is 4.99. The van der Waals surface area contributed by atoms with Crippen molar-refractivity contribution in [1.29, 1.82) is 0 Å². The molecule has 158 valence electrons. The number of rotatable bonds is 5. The molecule has 0 bridgehead atoms. The Kier molecular flexibility index (Phi) is 7.82. The highest BCUT2D eigenvalue weighted by Crippen LogP contribution is 2.41. The second-order valence-corrected chi connectivity index (χ2v) is 6.76. The van der Waals surface area contributed by atoms with E-state index >= 15 is 0 Å². The number of ether oxygens (including phenoxy) is 4. The second-order valence-electron chi connectivity index (χ2n) is 6.76. The van der Waals surface area contributed by atoms with E-state index in [1.807, 2.05) is 60.7 Å². The van der Waals surface area contributed by atoms with E-state index in [0.29, 0.717) is 24.7 Å². The molecule has 1 fully saturated rings. The van der Waals surface area contributed by atoms with Crippen molar-refractivity contribution in [1.82, 2.24) is 4.98 Å². The Morgan fingerprint density at radius 3 is 2.07 bits per heavy atom. The maximum atomic E-state index is 6.17. The lowest BCUT2D eigenvalue weighted by molar-refractivity contribution is -0.252. The maximum absolute atomic E-state index is 6.17. The maximum Gasteiger partial charge on any atom is 0.240 e. The van der Waals surface area contributed by atoms with Crippen LogP contribution in [0.3, 0.4) is 0 Å². The lowest BCUT2D eigenvalue weighted by atomic mass is 9.95. The highest BCUT2D eigenvalue weighted by Gasteiger charge is 2.42. The van der Waals surface area contributed by atoms with Crippen LogP contribution in [0.1, 0.15) is 30.2 Å². The van der Waals surface area contributed by atoms with E-state index in [9.17, 15) is 0 Å². The molecule has 0 radical (unpaired) electrons. The zero-order chi connectivity index (χ0) is 21.2. The van der Waals surface area contributed by atoms with Gasteiger partial charge in [-0.2, -0.15) is 0 Å². The van der Waals surface area contributed by atoms with Gasteiger partial charge in [-0.05, 0) is 42.7 Å². The number of benzene rings is 2. The Labute approximate surface area is 178 Å². The highest BCUT2D eigenvalue weighted by molar-refractivity contribution is 5.47. The van der Waals surface area contributed by atoms with Crippen molar-refractivity contribution in [2.45, 2.75) is 25.6 Å². The molecule has 1 aliphatic rings. The van der Waals surface area contributed by atoms with E-state index in [1.54, 1.807) is 20.4 Å². The van der Waals surface area contributed by atoms with E-state index in [0.717, 1.165) is 29.7 Å². The smallest absolute Gasteiger partial charge is 0.240 e. The van der Waals surface area contributed by atoms with Gasteiger partial charge in [0.2, 0.25) is 5.79 Å². The molecule has 30 heavy (non-hydrogen) atoms. The molecular formula is C25H29NO4. The molecule has 0 N–H and O–H groups in total. The van der Waals surface area contributed by atoms with Gasteiger partial charge in [0, 0.05) is 11.8 Å². The van der Waals surface area contributed by atoms with E-state index < -0.39 is 5.79 Å². The van der Waals surface area contributed by atoms with Crippen molar-refractivity contribution >= 4 is 0 Å². The molecule has 0 atom stereocenters. The predicted molar refractivity (Wildman–Crippen MR) is 117 cm³/mol. The van der Waals surface area contributed by atoms with Gasteiger partial charge < -0.3 is 18.9 Å². The average Bonchev–Trinajstić information content (AvgIpc) is 2.85. The van der Waals surface area contributed by atoms with Gasteiger partial charge in [0.1, 0.15) is 5.69 Å². The number of hydrogen-bond donors (Lipinski definition) is 0. The fourth-order valence-corrected chi connectivity index (χ4v) is 3.42. The van der Waals surface area contributed by atoms with Crippen LogP contribution >= 0.6 is 0 Å². The molecule has 5 nitrogen and oxygen atoms in total. The summed E-state index contributed by atoms with van der Waals surface area (Å²) in [5.41, 5.74) is 2.77. The summed E-state index contributed by atoms with van der Waals surface area (Å²) in [7, 11) is 3.24. The number of nitrogens with zero attached hydrogens (tertiary/aromatic N) is 1. The third-order valence-electron chi connectivity index (χ3n) is 4.91. The van der Waals surface area contributed by atoms with Crippen molar-refractivity contribution in [3.05, 3.63) is 89.7 Å². The molecule has 4 rings (SSSR count). The summed E-state index contributed by atoms with van der Waals surface area (Å²) in [4.78, 5) is 4.60. The van der Waals surface area contributed by atoms with Crippen molar-refractivity contribution in [3.8, 4) is 11.5 Å². The molecule has 0 amide bonds. The molecular weight excluding hydrogens is 378 g/mol. The standard InChI is InChI=1S/C19H23NO4.C6H6/c1-4-14-7-5-10-20-18(14)19(23-11-6-12-24-19)15-8-9-16(21-2)17(13-15)22-3;1-2-4-6-5-3-1/h5,7-10,13H,4,6,11-12H2,1-3H3;1-6H. The fourth-order valence-electron chi connectivity index (χ4n) is 3.42. The molecule has 0 unspecified atom stereocenters. The van der Waals surface area contributed by atoms with Crippen molar-refractivity contribution in [2.24, 2.45) is 0 Å². The van der Waals surface area contributed by atoms with Gasteiger partial charge >= 0.3 is 0 Å². The minimum atomic E-state index is -1.01. The minimum Gasteiger partial charge on any atom is -0.493 e. The van der Waals surface area contributed by atoms with E-state index in [-0.39, 0.29) is 0 Å². The zero-order valence-corrected chi connectivity index (χ0v) is 17.8. The summed E-state index contributed by atoms with van der Waals surface area (Å²) in [6.45, 7) is 3.34. The first-order valence-corrected chi connectivity index (χ1v) is 10.2. The van der Waals surface area contributed by atoms with Gasteiger partial charge in [-0.3, -0.25) is 4.98 Å². The first-order valence-electron chi connectivity index (χ1n) is 10.2. The zero-order valence-electron chi connectivity index (χ0n) is 17.8. The van der Waals surface area contributed by atoms with Crippen LogP contribution in [0, 0.1) is 0 Å². The van der Waals surface area contributed by atoms with Crippen molar-refractivity contribution < 1.29 is 18.9 Å². The highest BCUT2D eigenvalue weighted by atomic mass is 16.7. The number of aromatic nitrogens is 1. The second kappa shape index (κ2) is 10.8. The Balaban J connectivity index is 0.000000367. The van der Waals surface area contributed by atoms with E-state index in [2.05, 4.69) is 18.0 Å². The summed E-state index contributed by atoms with van der Waals surface area (Å²) < 4.78 is 23.1. The van der Waals surface area contributed by atoms with Gasteiger partial charge in [-0.25, -0.2) is 0 Å². The molecule has 1 saturated heterocycles. The first kappa shape index (κ1) is 21.8. The van der Waals surface area contributed by atoms with Crippen LogP contribution in [-0.4, -0.2) is 32.4 Å². The molecule has 3 aromatic rings. The van der Waals surface area contributed by atoms with E-state index in [4.69, 9.17) is 18.9 Å². The molecule has 0 aliphatic carbocycles. The lowest BCUT2D eigenvalue weighted by Crippen LogP contribution is -2.40. The van der Waals surface area contributed by atoms with Gasteiger partial charge in [0.25, 0.3) is 0 Å². The monoisotopic (exact) mass is 407 g/mol. The third kappa shape index (κ3) is 4.81. The van der Waals surface area contributed by atoms with Gasteiger partial charge in [-0.1, -0.05) is 49.4 Å². The average molecular weight is 408 g/mol. The minimum absolute atomic E-state index is 0.619. The molecule has 2 heterocycles. The molecule has 0 saturated carbocycles. The number of pyridine rings is 1. The molecule has 5 heteroatoms. The van der Waals surface area contributed by atoms with Crippen LogP contribution in [0.4, 0.5) is 0 Å². The van der Waals surface area contributed by atoms with Crippen molar-refractivity contribution in [2.75, 3.05) is 27.4 Å². The van der Waals surface area contributed by atoms with Crippen LogP contribution in [0.5, 0.6) is 11.5 Å². The van der Waals surface area contributed by atoms with Crippen LogP contribution < -0.4 is 9.47 Å². The Hall–Kier alpha value is -2.89. The number of hydrogen-bond acceptors (Lipinski definition) is 5. The van der Waals surface area contributed by atoms with Crippen molar-refractivity contribution in [3.63, 3.8) is 0 Å². The topological polar surface area (TPSA) is 49.8 Å². The lowest BCUT2D eigenvalue weighted by Gasteiger charge is -2.38. The SMILES string of the molecule is CCc1cccnc1C1(c2ccc(OC)c(OC)c2)OCCCO1.c1ccccc1. The molecule has 2 aromatic carbocycles. The quantitative estimate of drug-likeness (QED) is 0.597. The molecule has 0 spiro atoms. The summed E-state index contributed by atoms with van der Waals surface area (Å²) >= 11 is 0. The summed E-state index contributed by atoms with van der Waals surface area (Å²) in [6.07, 6.45) is 3.49. The Bertz CT molecular complexity index is 881. The summed E-state index contributed by atoms with van der Waals surface area (Å²) in [5.74, 6) is 0.301. The Morgan fingerprint density at radius 2 is 1.50 bits per heavy atom. The normalized spacial score (nSPS) is 14.9. The third-order valence-corrected chi connectivity index (χ3v) is 4.91. The molecule has 1 aromatic heterocycles. The fraction of sp³-hybridized carbons (Fsp3) is 0.320. The van der Waals surface area contributed by atoms with Gasteiger partial charge in [0.15, 0.2) is 11.5 Å². The van der Waals surface area contributed by atoms with Crippen LogP contribution in [-0.2, 0) is 21.7 Å². The van der Waals surface area contributed by atoms with Crippen LogP contribution in [0.25, 0.3) is 0 Å². The summed E-state index contributed by atoms with van der Waals surface area (Å²) in [6, 6.07) is 21.7. The van der Waals surface area contributed by atoms with E-state index in [1.165, 1.54) is 0 Å². The molecule has 1 aliphatic heterocycles.